The first kappa shape index (κ1) is 17.5. The van der Waals surface area contributed by atoms with Crippen molar-refractivity contribution < 1.29 is 18.9 Å². The summed E-state index contributed by atoms with van der Waals surface area (Å²) < 4.78 is 15.2. The monoisotopic (exact) mass is 348 g/mol. The zero-order valence-electron chi connectivity index (χ0n) is 12.5. The van der Waals surface area contributed by atoms with Gasteiger partial charge in [0.25, 0.3) is 0 Å². The Kier molecular flexibility index (Phi) is 5.70. The van der Waals surface area contributed by atoms with Crippen molar-refractivity contribution in [2.75, 3.05) is 19.0 Å². The summed E-state index contributed by atoms with van der Waals surface area (Å²) in [5, 5.41) is 3.07. The Morgan fingerprint density at radius 3 is 2.95 bits per heavy atom. The maximum absolute atomic E-state index is 10.7. The van der Waals surface area contributed by atoms with E-state index in [9.17, 15) is 4.57 Å². The quantitative estimate of drug-likeness (QED) is 0.523. The molecular formula is C12H21N4O4PS. The number of thioether (sulfide) groups is 1. The Labute approximate surface area is 133 Å². The van der Waals surface area contributed by atoms with Gasteiger partial charge in [-0.15, -0.1) is 11.8 Å². The summed E-state index contributed by atoms with van der Waals surface area (Å²) in [5.74, 6) is 1.58. The maximum Gasteiger partial charge on any atom is 0.469 e. The Hall–Kier alpha value is -0.830. The molecule has 2 rings (SSSR count). The van der Waals surface area contributed by atoms with Crippen LogP contribution in [0.5, 0.6) is 0 Å². The summed E-state index contributed by atoms with van der Waals surface area (Å²) in [6, 6.07) is 0. The predicted molar refractivity (Wildman–Crippen MR) is 86.8 cm³/mol. The highest BCUT2D eigenvalue weighted by molar-refractivity contribution is 8.03. The van der Waals surface area contributed by atoms with Crippen LogP contribution in [0.3, 0.4) is 0 Å². The lowest BCUT2D eigenvalue weighted by Gasteiger charge is -2.25. The lowest BCUT2D eigenvalue weighted by atomic mass is 10.2. The van der Waals surface area contributed by atoms with Gasteiger partial charge in [0.05, 0.1) is 18.3 Å². The number of phosphoric acid groups is 1. The minimum Gasteiger partial charge on any atom is -0.361 e. The van der Waals surface area contributed by atoms with Crippen LogP contribution in [0.2, 0.25) is 0 Å². The molecule has 0 radical (unpaired) electrons. The van der Waals surface area contributed by atoms with Crippen molar-refractivity contribution in [1.29, 1.82) is 0 Å². The third kappa shape index (κ3) is 4.84. The zero-order valence-corrected chi connectivity index (χ0v) is 14.2. The van der Waals surface area contributed by atoms with Crippen molar-refractivity contribution >= 4 is 25.4 Å². The van der Waals surface area contributed by atoms with E-state index in [4.69, 9.17) is 15.5 Å². The summed E-state index contributed by atoms with van der Waals surface area (Å²) in [7, 11) is -4.39. The molecule has 10 heteroatoms. The van der Waals surface area contributed by atoms with Crippen molar-refractivity contribution in [2.24, 2.45) is 10.7 Å². The van der Waals surface area contributed by atoms with Gasteiger partial charge in [-0.25, -0.2) is 9.56 Å². The molecule has 0 aliphatic carbocycles. The lowest BCUT2D eigenvalue weighted by molar-refractivity contribution is 0.200. The van der Waals surface area contributed by atoms with Crippen LogP contribution in [0.15, 0.2) is 27.4 Å². The summed E-state index contributed by atoms with van der Waals surface area (Å²) in [4.78, 5) is 24.9. The van der Waals surface area contributed by atoms with Crippen LogP contribution in [-0.2, 0) is 9.09 Å². The molecule has 0 aromatic carbocycles. The molecule has 2 aliphatic heterocycles. The average molecular weight is 348 g/mol. The Morgan fingerprint density at radius 1 is 1.59 bits per heavy atom. The van der Waals surface area contributed by atoms with Crippen molar-refractivity contribution in [3.8, 4) is 0 Å². The van der Waals surface area contributed by atoms with E-state index < -0.39 is 7.82 Å². The van der Waals surface area contributed by atoms with E-state index in [1.165, 1.54) is 0 Å². The van der Waals surface area contributed by atoms with Crippen LogP contribution in [-0.4, -0.2) is 45.7 Å². The molecule has 0 amide bonds. The van der Waals surface area contributed by atoms with Crippen LogP contribution < -0.4 is 11.1 Å². The van der Waals surface area contributed by atoms with Gasteiger partial charge in [-0.1, -0.05) is 0 Å². The summed E-state index contributed by atoms with van der Waals surface area (Å²) >= 11 is 1.65. The fraction of sp³-hybridized carbons (Fsp3) is 0.583. The van der Waals surface area contributed by atoms with E-state index in [0.717, 1.165) is 27.9 Å². The molecule has 8 nitrogen and oxygen atoms in total. The molecule has 22 heavy (non-hydrogen) atoms. The highest BCUT2D eigenvalue weighted by Crippen LogP contribution is 2.39. The molecule has 0 saturated carbocycles. The van der Waals surface area contributed by atoms with E-state index in [1.54, 1.807) is 11.8 Å². The number of nitrogens with two attached hydrogens (primary N) is 1. The molecule has 0 fully saturated rings. The van der Waals surface area contributed by atoms with Gasteiger partial charge in [-0.05, 0) is 13.8 Å². The fourth-order valence-electron chi connectivity index (χ4n) is 2.18. The van der Waals surface area contributed by atoms with E-state index >= 15 is 0 Å². The number of amidine groups is 1. The minimum atomic E-state index is -4.39. The van der Waals surface area contributed by atoms with Crippen molar-refractivity contribution in [3.63, 3.8) is 0 Å². The molecule has 0 aromatic heterocycles. The van der Waals surface area contributed by atoms with E-state index in [2.05, 4.69) is 19.7 Å². The molecule has 0 aromatic rings. The minimum absolute atomic E-state index is 0.00500. The molecular weight excluding hydrogens is 327 g/mol. The van der Waals surface area contributed by atoms with Crippen molar-refractivity contribution in [3.05, 3.63) is 22.4 Å². The van der Waals surface area contributed by atoms with Crippen molar-refractivity contribution in [1.82, 2.24) is 10.2 Å². The standard InChI is InChI=1S/C12H21N4O4PS/c1-8-11(3-4-20-21(17,18)19)22-7-16(8)6-10-5-14-9(2)15-12(10)13/h5,12H,3-4,6-7,13H2,1-2H3,(H,14,15)(H2,17,18,19). The third-order valence-corrected chi connectivity index (χ3v) is 5.22. The van der Waals surface area contributed by atoms with Gasteiger partial charge in [0.15, 0.2) is 0 Å². The first-order valence-corrected chi connectivity index (χ1v) is 9.31. The second-order valence-electron chi connectivity index (χ2n) is 5.08. The van der Waals surface area contributed by atoms with Crippen LogP contribution in [0.4, 0.5) is 0 Å². The third-order valence-electron chi connectivity index (χ3n) is 3.41. The number of hydrogen-bond donors (Lipinski definition) is 4. The fourth-order valence-corrected chi connectivity index (χ4v) is 3.67. The van der Waals surface area contributed by atoms with E-state index in [0.29, 0.717) is 13.0 Å². The summed E-state index contributed by atoms with van der Waals surface area (Å²) in [6.07, 6.45) is 2.04. The van der Waals surface area contributed by atoms with Crippen LogP contribution in [0.1, 0.15) is 20.3 Å². The molecule has 2 heterocycles. The zero-order chi connectivity index (χ0) is 16.3. The Bertz CT molecular complexity index is 571. The van der Waals surface area contributed by atoms with E-state index in [-0.39, 0.29) is 12.8 Å². The van der Waals surface area contributed by atoms with Gasteiger partial charge in [-0.3, -0.25) is 4.52 Å². The summed E-state index contributed by atoms with van der Waals surface area (Å²) in [6.45, 7) is 4.53. The second-order valence-corrected chi connectivity index (χ2v) is 7.36. The largest absolute Gasteiger partial charge is 0.469 e. The SMILES string of the molecule is CC1=NC(N)C(CN2CSC(CCOP(=O)(O)O)=C2C)=CN1. The maximum atomic E-state index is 10.7. The normalized spacial score (nSPS) is 22.6. The molecule has 5 N–H and O–H groups in total. The Morgan fingerprint density at radius 2 is 2.32 bits per heavy atom. The highest BCUT2D eigenvalue weighted by atomic mass is 32.2. The van der Waals surface area contributed by atoms with E-state index in [1.807, 2.05) is 20.0 Å². The van der Waals surface area contributed by atoms with Gasteiger partial charge in [0.2, 0.25) is 0 Å². The number of allylic oxidation sites excluding steroid dienone is 1. The van der Waals surface area contributed by atoms with Crippen molar-refractivity contribution in [2.45, 2.75) is 26.4 Å². The smallest absolute Gasteiger partial charge is 0.361 e. The summed E-state index contributed by atoms with van der Waals surface area (Å²) in [5.41, 5.74) is 8.08. The highest BCUT2D eigenvalue weighted by Gasteiger charge is 2.24. The number of nitrogens with one attached hydrogen (secondary N) is 1. The molecule has 0 spiro atoms. The number of aliphatic imine (C=N–C) groups is 1. The molecule has 124 valence electrons. The van der Waals surface area contributed by atoms with Gasteiger partial charge in [0.1, 0.15) is 6.17 Å². The van der Waals surface area contributed by atoms with Crippen LogP contribution in [0.25, 0.3) is 0 Å². The van der Waals surface area contributed by atoms with Gasteiger partial charge < -0.3 is 25.7 Å². The van der Waals surface area contributed by atoms with Crippen LogP contribution in [0, 0.1) is 0 Å². The van der Waals surface area contributed by atoms with Crippen LogP contribution >= 0.6 is 19.6 Å². The number of nitrogens with zero attached hydrogens (tertiary/aromatic N) is 2. The first-order chi connectivity index (χ1) is 10.3. The molecule has 2 aliphatic rings. The topological polar surface area (TPSA) is 120 Å². The average Bonchev–Trinajstić information content (AvgIpc) is 2.73. The molecule has 0 saturated heterocycles. The second kappa shape index (κ2) is 7.16. The number of hydrogen-bond acceptors (Lipinski definition) is 7. The van der Waals surface area contributed by atoms with Gasteiger partial charge >= 0.3 is 7.82 Å². The number of phosphoric ester groups is 1. The predicted octanol–water partition coefficient (Wildman–Crippen LogP) is 0.914. The Balaban J connectivity index is 1.90. The van der Waals surface area contributed by atoms with Gasteiger partial charge in [-0.2, -0.15) is 0 Å². The lowest BCUT2D eigenvalue weighted by Crippen LogP contribution is -2.36. The first-order valence-electron chi connectivity index (χ1n) is 6.79. The number of rotatable bonds is 6. The molecule has 1 unspecified atom stereocenters. The van der Waals surface area contributed by atoms with Gasteiger partial charge in [0, 0.05) is 35.3 Å². The molecule has 1 atom stereocenters. The molecule has 0 bridgehead atoms.